The van der Waals surface area contributed by atoms with E-state index in [1.54, 1.807) is 31.2 Å². The number of hydrogen-bond donors (Lipinski definition) is 1. The number of amides is 2. The van der Waals surface area contributed by atoms with Crippen LogP contribution < -0.4 is 9.62 Å². The number of anilines is 1. The highest BCUT2D eigenvalue weighted by Gasteiger charge is 2.32. The van der Waals surface area contributed by atoms with Gasteiger partial charge in [-0.2, -0.15) is 13.2 Å². The van der Waals surface area contributed by atoms with Crippen LogP contribution in [0.25, 0.3) is 0 Å². The summed E-state index contributed by atoms with van der Waals surface area (Å²) in [6, 6.07) is 10.0. The molecule has 1 unspecified atom stereocenters. The largest absolute Gasteiger partial charge is 0.416 e. The summed E-state index contributed by atoms with van der Waals surface area (Å²) in [5.74, 6) is -0.710. The van der Waals surface area contributed by atoms with E-state index in [1.807, 2.05) is 6.92 Å². The molecule has 1 atom stereocenters. The van der Waals surface area contributed by atoms with Crippen molar-refractivity contribution in [1.29, 1.82) is 0 Å². The van der Waals surface area contributed by atoms with Crippen LogP contribution >= 0.6 is 11.6 Å². The first-order valence-electron chi connectivity index (χ1n) is 12.2. The Hall–Kier alpha value is -2.79. The van der Waals surface area contributed by atoms with Crippen LogP contribution in [0, 0.1) is 0 Å². The number of alkyl halides is 3. The maximum atomic E-state index is 13.2. The molecule has 0 radical (unpaired) electrons. The molecule has 7 nitrogen and oxygen atoms in total. The number of carbonyl (C=O) groups is 2. The number of sulfonamides is 1. The van der Waals surface area contributed by atoms with E-state index in [4.69, 9.17) is 11.6 Å². The second kappa shape index (κ2) is 13.8. The third kappa shape index (κ3) is 9.50. The van der Waals surface area contributed by atoms with E-state index in [9.17, 15) is 31.2 Å². The molecule has 12 heteroatoms. The van der Waals surface area contributed by atoms with Crippen molar-refractivity contribution in [3.8, 4) is 0 Å². The van der Waals surface area contributed by atoms with Gasteiger partial charge in [0.25, 0.3) is 0 Å². The molecular weight excluding hydrogens is 543 g/mol. The van der Waals surface area contributed by atoms with Gasteiger partial charge in [-0.3, -0.25) is 13.9 Å². The van der Waals surface area contributed by atoms with Crippen molar-refractivity contribution in [2.45, 2.75) is 58.3 Å². The molecular formula is C26H33ClF3N3O4S. The van der Waals surface area contributed by atoms with Crippen LogP contribution in [0.1, 0.15) is 50.7 Å². The normalized spacial score (nSPS) is 12.6. The zero-order chi connectivity index (χ0) is 28.5. The Morgan fingerprint density at radius 2 is 1.74 bits per heavy atom. The highest BCUT2D eigenvalue weighted by atomic mass is 35.5. The monoisotopic (exact) mass is 575 g/mol. The lowest BCUT2D eigenvalue weighted by atomic mass is 10.1. The fourth-order valence-electron chi connectivity index (χ4n) is 3.75. The first-order chi connectivity index (χ1) is 17.7. The number of hydrogen-bond acceptors (Lipinski definition) is 4. The van der Waals surface area contributed by atoms with Crippen LogP contribution in [-0.4, -0.2) is 50.5 Å². The van der Waals surface area contributed by atoms with Crippen LogP contribution in [-0.2, 0) is 32.3 Å². The van der Waals surface area contributed by atoms with Crippen molar-refractivity contribution in [3.05, 3.63) is 64.7 Å². The topological polar surface area (TPSA) is 86.8 Å². The van der Waals surface area contributed by atoms with Crippen LogP contribution in [0.15, 0.2) is 48.5 Å². The molecule has 1 N–H and O–H groups in total. The van der Waals surface area contributed by atoms with Gasteiger partial charge >= 0.3 is 6.18 Å². The molecule has 2 amide bonds. The fourth-order valence-corrected chi connectivity index (χ4v) is 4.83. The number of unbranched alkanes of at least 4 members (excludes halogenated alkanes) is 1. The predicted octanol–water partition coefficient (Wildman–Crippen LogP) is 5.24. The van der Waals surface area contributed by atoms with Crippen LogP contribution in [0.3, 0.4) is 0 Å². The van der Waals surface area contributed by atoms with E-state index in [0.717, 1.165) is 47.2 Å². The molecule has 0 saturated carbocycles. The minimum absolute atomic E-state index is 0.0312. The number of rotatable bonds is 13. The Morgan fingerprint density at radius 3 is 2.32 bits per heavy atom. The van der Waals surface area contributed by atoms with Gasteiger partial charge in [0, 0.05) is 31.1 Å². The summed E-state index contributed by atoms with van der Waals surface area (Å²) in [6.07, 6.45) is -2.14. The van der Waals surface area contributed by atoms with Crippen molar-refractivity contribution in [2.24, 2.45) is 0 Å². The lowest BCUT2D eigenvalue weighted by Crippen LogP contribution is -2.48. The van der Waals surface area contributed by atoms with Crippen molar-refractivity contribution in [1.82, 2.24) is 10.2 Å². The Kier molecular flexibility index (Phi) is 11.4. The first kappa shape index (κ1) is 31.4. The Balaban J connectivity index is 2.19. The summed E-state index contributed by atoms with van der Waals surface area (Å²) >= 11 is 5.95. The van der Waals surface area contributed by atoms with Gasteiger partial charge in [0.1, 0.15) is 6.04 Å². The standard InChI is InChI=1S/C26H33ClF3N3O4S/c1-4-5-15-31-25(35)19(2)32(18-20-11-13-22(27)14-12-20)24(34)10-7-16-33(38(3,36)37)23-9-6-8-21(17-23)26(28,29)30/h6,8-9,11-14,17,19H,4-5,7,10,15-16,18H2,1-3H3,(H,31,35). The molecule has 0 aliphatic rings. The molecule has 0 heterocycles. The molecule has 0 spiro atoms. The second-order valence-electron chi connectivity index (χ2n) is 8.96. The summed E-state index contributed by atoms with van der Waals surface area (Å²) in [6.45, 7) is 3.99. The lowest BCUT2D eigenvalue weighted by molar-refractivity contribution is -0.140. The zero-order valence-corrected chi connectivity index (χ0v) is 23.2. The van der Waals surface area contributed by atoms with E-state index < -0.39 is 33.7 Å². The predicted molar refractivity (Wildman–Crippen MR) is 142 cm³/mol. The van der Waals surface area contributed by atoms with Crippen molar-refractivity contribution < 1.29 is 31.2 Å². The SMILES string of the molecule is CCCCNC(=O)C(C)N(Cc1ccc(Cl)cc1)C(=O)CCCN(c1cccc(C(F)(F)F)c1)S(C)(=O)=O. The van der Waals surface area contributed by atoms with Crippen molar-refractivity contribution >= 4 is 39.1 Å². The highest BCUT2D eigenvalue weighted by molar-refractivity contribution is 7.92. The van der Waals surface area contributed by atoms with Gasteiger partial charge < -0.3 is 10.2 Å². The Bertz CT molecular complexity index is 1190. The number of benzene rings is 2. The molecule has 38 heavy (non-hydrogen) atoms. The van der Waals surface area contributed by atoms with E-state index in [-0.39, 0.29) is 37.5 Å². The number of carbonyl (C=O) groups excluding carboxylic acids is 2. The summed E-state index contributed by atoms with van der Waals surface area (Å²) in [4.78, 5) is 27.4. The quantitative estimate of drug-likeness (QED) is 0.331. The highest BCUT2D eigenvalue weighted by Crippen LogP contribution is 2.32. The van der Waals surface area contributed by atoms with E-state index in [1.165, 1.54) is 11.0 Å². The number of nitrogens with one attached hydrogen (secondary N) is 1. The summed E-state index contributed by atoms with van der Waals surface area (Å²) in [5, 5.41) is 3.33. The van der Waals surface area contributed by atoms with Gasteiger partial charge in [0.2, 0.25) is 21.8 Å². The molecule has 0 aliphatic carbocycles. The molecule has 0 aromatic heterocycles. The van der Waals surface area contributed by atoms with Crippen LogP contribution in [0.2, 0.25) is 5.02 Å². The van der Waals surface area contributed by atoms with Gasteiger partial charge in [-0.05, 0) is 55.7 Å². The Morgan fingerprint density at radius 1 is 1.08 bits per heavy atom. The smallest absolute Gasteiger partial charge is 0.354 e. The van der Waals surface area contributed by atoms with Gasteiger partial charge in [-0.1, -0.05) is 43.1 Å². The van der Waals surface area contributed by atoms with Crippen molar-refractivity contribution in [2.75, 3.05) is 23.7 Å². The van der Waals surface area contributed by atoms with Crippen LogP contribution in [0.5, 0.6) is 0 Å². The second-order valence-corrected chi connectivity index (χ2v) is 11.3. The van der Waals surface area contributed by atoms with E-state index >= 15 is 0 Å². The minimum Gasteiger partial charge on any atom is -0.354 e. The first-order valence-corrected chi connectivity index (χ1v) is 14.4. The zero-order valence-electron chi connectivity index (χ0n) is 21.6. The van der Waals surface area contributed by atoms with E-state index in [2.05, 4.69) is 5.32 Å². The molecule has 2 aromatic carbocycles. The van der Waals surface area contributed by atoms with E-state index in [0.29, 0.717) is 11.6 Å². The van der Waals surface area contributed by atoms with Gasteiger partial charge in [0.05, 0.1) is 17.5 Å². The lowest BCUT2D eigenvalue weighted by Gasteiger charge is -2.29. The molecule has 2 rings (SSSR count). The Labute approximate surface area is 227 Å². The molecule has 0 fully saturated rings. The average Bonchev–Trinajstić information content (AvgIpc) is 2.84. The third-order valence-corrected chi connectivity index (χ3v) is 7.32. The van der Waals surface area contributed by atoms with Gasteiger partial charge in [0.15, 0.2) is 0 Å². The molecule has 0 aliphatic heterocycles. The van der Waals surface area contributed by atoms with Gasteiger partial charge in [-0.15, -0.1) is 0 Å². The maximum absolute atomic E-state index is 13.2. The minimum atomic E-state index is -4.63. The molecule has 0 saturated heterocycles. The fraction of sp³-hybridized carbons (Fsp3) is 0.462. The molecule has 0 bridgehead atoms. The summed E-state index contributed by atoms with van der Waals surface area (Å²) in [5.41, 5.74) is -0.370. The van der Waals surface area contributed by atoms with Crippen LogP contribution in [0.4, 0.5) is 18.9 Å². The number of halogens is 4. The average molecular weight is 576 g/mol. The maximum Gasteiger partial charge on any atom is 0.416 e. The summed E-state index contributed by atoms with van der Waals surface area (Å²) < 4.78 is 65.1. The van der Waals surface area contributed by atoms with Gasteiger partial charge in [-0.25, -0.2) is 8.42 Å². The third-order valence-electron chi connectivity index (χ3n) is 5.88. The number of nitrogens with zero attached hydrogens (tertiary/aromatic N) is 2. The molecule has 210 valence electrons. The molecule has 2 aromatic rings. The summed E-state index contributed by atoms with van der Waals surface area (Å²) in [7, 11) is -3.93. The van der Waals surface area contributed by atoms with Crippen molar-refractivity contribution in [3.63, 3.8) is 0 Å².